The Morgan fingerprint density at radius 2 is 1.83 bits per heavy atom. The van der Waals surface area contributed by atoms with Crippen LogP contribution in [0.3, 0.4) is 0 Å². The topological polar surface area (TPSA) is 61.2 Å². The smallest absolute Gasteiger partial charge is 0.302 e. The second kappa shape index (κ2) is 6.54. The van der Waals surface area contributed by atoms with Crippen LogP contribution in [0.1, 0.15) is 88.0 Å². The molecule has 0 spiro atoms. The Balaban J connectivity index is 1.47. The molecule has 1 aromatic heterocycles. The predicted molar refractivity (Wildman–Crippen MR) is 114 cm³/mol. The highest BCUT2D eigenvalue weighted by Gasteiger charge is 2.59. The molecule has 0 amide bonds. The van der Waals surface area contributed by atoms with E-state index in [9.17, 15) is 9.59 Å². The van der Waals surface area contributed by atoms with Crippen molar-refractivity contribution in [3.63, 3.8) is 0 Å². The third-order valence-corrected chi connectivity index (χ3v) is 9.22. The lowest BCUT2D eigenvalue weighted by molar-refractivity contribution is -0.148. The van der Waals surface area contributed by atoms with Gasteiger partial charge in [-0.05, 0) is 74.0 Å². The average molecular weight is 411 g/mol. The van der Waals surface area contributed by atoms with Gasteiger partial charge in [0.15, 0.2) is 0 Å². The van der Waals surface area contributed by atoms with Gasteiger partial charge in [-0.2, -0.15) is 5.10 Å². The van der Waals surface area contributed by atoms with Crippen molar-refractivity contribution in [2.24, 2.45) is 23.2 Å². The van der Waals surface area contributed by atoms with E-state index in [2.05, 4.69) is 31.9 Å². The van der Waals surface area contributed by atoms with Gasteiger partial charge in [0.05, 0.1) is 11.4 Å². The van der Waals surface area contributed by atoms with E-state index >= 15 is 0 Å². The number of rotatable bonds is 1. The van der Waals surface area contributed by atoms with Crippen LogP contribution in [0.2, 0.25) is 0 Å². The van der Waals surface area contributed by atoms with E-state index in [0.29, 0.717) is 17.8 Å². The molecule has 5 nitrogen and oxygen atoms in total. The average Bonchev–Trinajstić information content (AvgIpc) is 3.16. The third-order valence-electron chi connectivity index (χ3n) is 9.22. The van der Waals surface area contributed by atoms with E-state index in [4.69, 9.17) is 4.74 Å². The van der Waals surface area contributed by atoms with Crippen molar-refractivity contribution >= 4 is 11.9 Å². The van der Waals surface area contributed by atoms with Gasteiger partial charge < -0.3 is 4.74 Å². The Hall–Kier alpha value is -1.91. The summed E-state index contributed by atoms with van der Waals surface area (Å²) < 4.78 is 7.25. The lowest BCUT2D eigenvalue weighted by Gasteiger charge is -2.57. The summed E-state index contributed by atoms with van der Waals surface area (Å²) in [4.78, 5) is 23.7. The van der Waals surface area contributed by atoms with Crippen molar-refractivity contribution in [2.75, 3.05) is 0 Å². The van der Waals surface area contributed by atoms with Gasteiger partial charge in [-0.15, -0.1) is 0 Å². The summed E-state index contributed by atoms with van der Waals surface area (Å²) in [5.74, 6) is 1.77. The largest absolute Gasteiger partial charge is 0.462 e. The highest BCUT2D eigenvalue weighted by Crippen LogP contribution is 2.64. The fourth-order valence-corrected chi connectivity index (χ4v) is 7.95. The van der Waals surface area contributed by atoms with Crippen LogP contribution in [0.25, 0.3) is 0 Å². The zero-order chi connectivity index (χ0) is 21.4. The number of esters is 1. The molecule has 0 unspecified atom stereocenters. The second-order valence-electron chi connectivity index (χ2n) is 10.7. The first-order valence-corrected chi connectivity index (χ1v) is 11.6. The standard InChI is InChI=1S/C25H34N2O3/c1-14-23-22(27(26-14)15(2)28)13-21-19-7-6-17-12-18(30-16(3)29)8-10-24(17,4)20(19)9-11-25(21,23)5/h6,18-21H,7-13H2,1-5H3/t18-,19-,20+,21-,24-,25+/m1/s1. The Morgan fingerprint density at radius 3 is 2.53 bits per heavy atom. The third kappa shape index (κ3) is 2.63. The van der Waals surface area contributed by atoms with E-state index in [-0.39, 0.29) is 28.8 Å². The van der Waals surface area contributed by atoms with Crippen LogP contribution in [0.5, 0.6) is 0 Å². The molecule has 4 aliphatic rings. The molecule has 1 heterocycles. The van der Waals surface area contributed by atoms with Crippen molar-refractivity contribution < 1.29 is 14.3 Å². The van der Waals surface area contributed by atoms with E-state index in [1.807, 2.05) is 0 Å². The number of hydrogen-bond donors (Lipinski definition) is 0. The van der Waals surface area contributed by atoms with Crippen molar-refractivity contribution in [3.8, 4) is 0 Å². The SMILES string of the molecule is CC(=O)O[C@@H]1CC[C@]2(C)C(=CC[C@H]3[C@H]4Cc5c(c(C)nn5C(C)=O)[C@@]4(C)CC[C@@H]32)C1. The molecule has 5 heteroatoms. The van der Waals surface area contributed by atoms with E-state index in [0.717, 1.165) is 37.8 Å². The lowest BCUT2D eigenvalue weighted by atomic mass is 9.47. The molecule has 0 aromatic carbocycles. The molecule has 30 heavy (non-hydrogen) atoms. The Labute approximate surface area is 179 Å². The van der Waals surface area contributed by atoms with Crippen molar-refractivity contribution in [3.05, 3.63) is 28.6 Å². The molecular weight excluding hydrogens is 376 g/mol. The Morgan fingerprint density at radius 1 is 1.10 bits per heavy atom. The van der Waals surface area contributed by atoms with Crippen LogP contribution in [0.4, 0.5) is 0 Å². The molecule has 0 bridgehead atoms. The van der Waals surface area contributed by atoms with Gasteiger partial charge in [0.25, 0.3) is 0 Å². The van der Waals surface area contributed by atoms with Gasteiger partial charge >= 0.3 is 5.97 Å². The number of ether oxygens (including phenoxy) is 1. The van der Waals surface area contributed by atoms with Crippen LogP contribution in [-0.2, 0) is 21.4 Å². The summed E-state index contributed by atoms with van der Waals surface area (Å²) in [6.45, 7) is 10.1. The first-order valence-electron chi connectivity index (χ1n) is 11.6. The summed E-state index contributed by atoms with van der Waals surface area (Å²) >= 11 is 0. The maximum absolute atomic E-state index is 12.2. The molecule has 2 saturated carbocycles. The molecule has 4 aliphatic carbocycles. The first-order chi connectivity index (χ1) is 14.1. The highest BCUT2D eigenvalue weighted by molar-refractivity contribution is 5.77. The molecule has 0 saturated heterocycles. The van der Waals surface area contributed by atoms with Gasteiger partial charge in [-0.1, -0.05) is 25.5 Å². The molecule has 5 rings (SSSR count). The number of fused-ring (bicyclic) bond motifs is 7. The zero-order valence-corrected chi connectivity index (χ0v) is 19.0. The number of allylic oxidation sites excluding steroid dienone is 1. The van der Waals surface area contributed by atoms with Gasteiger partial charge in [-0.25, -0.2) is 4.68 Å². The Bertz CT molecular complexity index is 960. The number of aromatic nitrogens is 2. The lowest BCUT2D eigenvalue weighted by Crippen LogP contribution is -2.51. The summed E-state index contributed by atoms with van der Waals surface area (Å²) in [6, 6.07) is 0. The first kappa shape index (κ1) is 20.0. The van der Waals surface area contributed by atoms with Crippen LogP contribution in [0.15, 0.2) is 11.6 Å². The fourth-order valence-electron chi connectivity index (χ4n) is 7.95. The molecule has 6 atom stereocenters. The summed E-state index contributed by atoms with van der Waals surface area (Å²) in [7, 11) is 0. The second-order valence-corrected chi connectivity index (χ2v) is 10.7. The summed E-state index contributed by atoms with van der Waals surface area (Å²) in [5.41, 5.74) is 5.45. The van der Waals surface area contributed by atoms with Crippen LogP contribution in [-0.4, -0.2) is 27.8 Å². The molecule has 1 aromatic rings. The molecule has 2 fully saturated rings. The van der Waals surface area contributed by atoms with Crippen LogP contribution >= 0.6 is 0 Å². The normalized spacial score (nSPS) is 39.3. The molecule has 0 N–H and O–H groups in total. The van der Waals surface area contributed by atoms with Gasteiger partial charge in [0.1, 0.15) is 6.10 Å². The zero-order valence-electron chi connectivity index (χ0n) is 19.0. The van der Waals surface area contributed by atoms with E-state index in [1.165, 1.54) is 36.6 Å². The maximum atomic E-state index is 12.2. The number of aryl methyl sites for hydroxylation is 1. The van der Waals surface area contributed by atoms with Crippen molar-refractivity contribution in [2.45, 2.75) is 91.1 Å². The molecule has 0 aliphatic heterocycles. The van der Waals surface area contributed by atoms with Crippen molar-refractivity contribution in [1.82, 2.24) is 9.78 Å². The molecular formula is C25H34N2O3. The monoisotopic (exact) mass is 410 g/mol. The van der Waals surface area contributed by atoms with E-state index < -0.39 is 0 Å². The minimum absolute atomic E-state index is 0.0275. The maximum Gasteiger partial charge on any atom is 0.302 e. The summed E-state index contributed by atoms with van der Waals surface area (Å²) in [5, 5.41) is 4.60. The van der Waals surface area contributed by atoms with Crippen molar-refractivity contribution in [1.29, 1.82) is 0 Å². The quantitative estimate of drug-likeness (QED) is 0.495. The Kier molecular flexibility index (Phi) is 4.37. The van der Waals surface area contributed by atoms with E-state index in [1.54, 1.807) is 11.6 Å². The van der Waals surface area contributed by atoms with Crippen LogP contribution in [0, 0.1) is 30.1 Å². The number of carbonyl (C=O) groups excluding carboxylic acids is 2. The van der Waals surface area contributed by atoms with Gasteiger partial charge in [0.2, 0.25) is 5.91 Å². The predicted octanol–water partition coefficient (Wildman–Crippen LogP) is 4.76. The fraction of sp³-hybridized carbons (Fsp3) is 0.720. The highest BCUT2D eigenvalue weighted by atomic mass is 16.5. The number of carbonyl (C=O) groups is 2. The molecule has 0 radical (unpaired) electrons. The summed E-state index contributed by atoms with van der Waals surface area (Å²) in [6.07, 6.45) is 10.00. The van der Waals surface area contributed by atoms with Crippen LogP contribution < -0.4 is 0 Å². The minimum atomic E-state index is -0.162. The van der Waals surface area contributed by atoms with Gasteiger partial charge in [-0.3, -0.25) is 9.59 Å². The molecule has 162 valence electrons. The van der Waals surface area contributed by atoms with Gasteiger partial charge in [0, 0.05) is 25.8 Å². The minimum Gasteiger partial charge on any atom is -0.462 e. The number of nitrogens with zero attached hydrogens (tertiary/aromatic N) is 2. The number of hydrogen-bond acceptors (Lipinski definition) is 4.